The van der Waals surface area contributed by atoms with Crippen LogP contribution in [0.15, 0.2) is 29.4 Å². The first-order chi connectivity index (χ1) is 19.2. The number of carbonyl (C=O) groups excluding carboxylic acids is 1. The van der Waals surface area contributed by atoms with Crippen molar-refractivity contribution >= 4 is 17.2 Å². The molecule has 4 heterocycles. The lowest BCUT2D eigenvalue weighted by Gasteiger charge is -2.34. The second-order valence-electron chi connectivity index (χ2n) is 12.8. The number of aliphatic imine (C=N–C) groups is 1. The molecule has 2 aromatic rings. The highest BCUT2D eigenvalue weighted by Gasteiger charge is 2.32. The zero-order chi connectivity index (χ0) is 28.3. The molecule has 0 amide bonds. The minimum atomic E-state index is -0.204. The number of aromatic nitrogens is 2. The van der Waals surface area contributed by atoms with Crippen molar-refractivity contribution in [3.63, 3.8) is 0 Å². The fraction of sp³-hybridized carbons (Fsp3) is 0.625. The third-order valence-electron chi connectivity index (χ3n) is 8.93. The maximum absolute atomic E-state index is 13.6. The highest BCUT2D eigenvalue weighted by molar-refractivity contribution is 6.41. The van der Waals surface area contributed by atoms with E-state index < -0.39 is 0 Å². The summed E-state index contributed by atoms with van der Waals surface area (Å²) >= 11 is 0. The zero-order valence-electron chi connectivity index (χ0n) is 24.2. The number of pyridine rings is 2. The number of Topliss-reactive ketones (excluding diaryl/α,β-unsaturated/α-hetero) is 1. The van der Waals surface area contributed by atoms with Crippen LogP contribution in [-0.2, 0) is 24.1 Å². The van der Waals surface area contributed by atoms with Crippen LogP contribution in [0.4, 0.5) is 5.69 Å². The van der Waals surface area contributed by atoms with Crippen LogP contribution in [-0.4, -0.2) is 75.5 Å². The molecule has 40 heavy (non-hydrogen) atoms. The predicted molar refractivity (Wildman–Crippen MR) is 155 cm³/mol. The van der Waals surface area contributed by atoms with E-state index in [0.29, 0.717) is 30.4 Å². The van der Waals surface area contributed by atoms with Gasteiger partial charge in [0, 0.05) is 43.9 Å². The number of aryl methyl sites for hydroxylation is 1. The van der Waals surface area contributed by atoms with Crippen molar-refractivity contribution in [1.82, 2.24) is 14.9 Å². The summed E-state index contributed by atoms with van der Waals surface area (Å²) in [5.41, 5.74) is 6.16. The number of fused-ring (bicyclic) bond motifs is 2. The first kappa shape index (κ1) is 28.8. The number of rotatable bonds is 10. The number of nitrogens with zero attached hydrogens (tertiary/aromatic N) is 4. The quantitative estimate of drug-likeness (QED) is 0.458. The molecule has 0 radical (unpaired) electrons. The number of likely N-dealkylation sites (tertiary alicyclic amines) is 1. The predicted octanol–water partition coefficient (Wildman–Crippen LogP) is 4.22. The van der Waals surface area contributed by atoms with Crippen molar-refractivity contribution in [3.05, 3.63) is 46.9 Å². The topological polar surface area (TPSA) is 108 Å². The minimum Gasteiger partial charge on any atom is -0.475 e. The molecule has 5 rings (SSSR count). The van der Waals surface area contributed by atoms with E-state index in [-0.39, 0.29) is 36.4 Å². The summed E-state index contributed by atoms with van der Waals surface area (Å²) in [7, 11) is 0. The van der Waals surface area contributed by atoms with Crippen molar-refractivity contribution in [2.45, 2.75) is 84.2 Å². The molecule has 8 nitrogen and oxygen atoms in total. The maximum Gasteiger partial charge on any atom is 0.213 e. The van der Waals surface area contributed by atoms with Crippen LogP contribution in [0.5, 0.6) is 5.88 Å². The number of ether oxygens (including phenoxy) is 1. The van der Waals surface area contributed by atoms with Gasteiger partial charge in [0.05, 0.1) is 29.8 Å². The Balaban J connectivity index is 1.28. The van der Waals surface area contributed by atoms with Crippen molar-refractivity contribution in [2.75, 3.05) is 32.8 Å². The third-order valence-corrected chi connectivity index (χ3v) is 8.93. The standard InChI is InChI=1S/C32H44N4O4/c1-32(2,3)24-5-6-26-23(16-24)17-27-28(34-26)19-29(35-27)30(39)18-21(8-11-36-12-9-25(38)10-13-36)22-4-7-31(33-20-22)40-15-14-37/h4,7,17,20-21,24-25,37-38H,5-6,8-16,18-19H2,1-3H3/t21-,24-/m0/s1. The van der Waals surface area contributed by atoms with Crippen LogP contribution in [0.25, 0.3) is 0 Å². The molecule has 0 unspecified atom stereocenters. The average Bonchev–Trinajstić information content (AvgIpc) is 3.36. The zero-order valence-corrected chi connectivity index (χ0v) is 24.2. The summed E-state index contributed by atoms with van der Waals surface area (Å²) in [6, 6.07) is 5.97. The Labute approximate surface area is 237 Å². The average molecular weight is 549 g/mol. The number of carbonyl (C=O) groups is 1. The van der Waals surface area contributed by atoms with Gasteiger partial charge in [-0.25, -0.2) is 9.98 Å². The van der Waals surface area contributed by atoms with Gasteiger partial charge in [-0.05, 0) is 79.5 Å². The van der Waals surface area contributed by atoms with Gasteiger partial charge in [0.2, 0.25) is 5.88 Å². The Kier molecular flexibility index (Phi) is 8.98. The lowest BCUT2D eigenvalue weighted by molar-refractivity contribution is -0.113. The van der Waals surface area contributed by atoms with Crippen molar-refractivity contribution in [1.29, 1.82) is 0 Å². The molecule has 3 aliphatic rings. The second-order valence-corrected chi connectivity index (χ2v) is 12.8. The monoisotopic (exact) mass is 548 g/mol. The summed E-state index contributed by atoms with van der Waals surface area (Å²) < 4.78 is 5.43. The van der Waals surface area contributed by atoms with E-state index in [1.54, 1.807) is 6.20 Å². The van der Waals surface area contributed by atoms with Crippen LogP contribution >= 0.6 is 0 Å². The molecule has 0 aromatic carbocycles. The Morgan fingerprint density at radius 2 is 1.98 bits per heavy atom. The number of piperidine rings is 1. The number of aliphatic hydroxyl groups is 2. The molecule has 1 saturated heterocycles. The Hall–Kier alpha value is -2.68. The van der Waals surface area contributed by atoms with Gasteiger partial charge in [-0.3, -0.25) is 9.78 Å². The van der Waals surface area contributed by atoms with Gasteiger partial charge in [0.15, 0.2) is 5.78 Å². The Bertz CT molecular complexity index is 1210. The fourth-order valence-corrected chi connectivity index (χ4v) is 6.24. The number of ketones is 1. The number of hydrogen-bond donors (Lipinski definition) is 2. The van der Waals surface area contributed by atoms with E-state index in [4.69, 9.17) is 19.8 Å². The SMILES string of the molecule is CC(C)(C)[C@H]1CCc2nc3c(cc2C1)N=C(C(=O)C[C@H](CCN1CCC(O)CC1)c1ccc(OCCO)nc1)C3. The molecule has 2 aliphatic heterocycles. The van der Waals surface area contributed by atoms with Crippen molar-refractivity contribution < 1.29 is 19.7 Å². The summed E-state index contributed by atoms with van der Waals surface area (Å²) in [5.74, 6) is 1.17. The van der Waals surface area contributed by atoms with Crippen LogP contribution in [0.3, 0.4) is 0 Å². The van der Waals surface area contributed by atoms with Crippen LogP contribution in [0, 0.1) is 11.3 Å². The van der Waals surface area contributed by atoms with E-state index in [1.807, 2.05) is 12.1 Å². The smallest absolute Gasteiger partial charge is 0.213 e. The molecule has 0 bridgehead atoms. The molecular formula is C32H44N4O4. The van der Waals surface area contributed by atoms with E-state index >= 15 is 0 Å². The van der Waals surface area contributed by atoms with E-state index in [2.05, 4.69) is 36.7 Å². The van der Waals surface area contributed by atoms with Gasteiger partial charge >= 0.3 is 0 Å². The molecule has 0 spiro atoms. The Morgan fingerprint density at radius 3 is 2.67 bits per heavy atom. The molecule has 0 saturated carbocycles. The van der Waals surface area contributed by atoms with E-state index in [9.17, 15) is 9.90 Å². The lowest BCUT2D eigenvalue weighted by atomic mass is 9.71. The highest BCUT2D eigenvalue weighted by atomic mass is 16.5. The summed E-state index contributed by atoms with van der Waals surface area (Å²) in [4.78, 5) is 30.2. The third kappa shape index (κ3) is 6.96. The fourth-order valence-electron chi connectivity index (χ4n) is 6.24. The maximum atomic E-state index is 13.6. The largest absolute Gasteiger partial charge is 0.475 e. The summed E-state index contributed by atoms with van der Waals surface area (Å²) in [6.07, 6.45) is 8.05. The first-order valence-corrected chi connectivity index (χ1v) is 14.9. The molecule has 2 atom stereocenters. The second kappa shape index (κ2) is 12.5. The molecule has 216 valence electrons. The molecule has 1 aliphatic carbocycles. The lowest BCUT2D eigenvalue weighted by Crippen LogP contribution is -2.37. The van der Waals surface area contributed by atoms with Gasteiger partial charge in [-0.1, -0.05) is 26.8 Å². The van der Waals surface area contributed by atoms with Crippen LogP contribution in [0.2, 0.25) is 0 Å². The molecule has 8 heteroatoms. The number of hydrogen-bond acceptors (Lipinski definition) is 8. The molecule has 2 aromatic heterocycles. The minimum absolute atomic E-state index is 0.00105. The highest BCUT2D eigenvalue weighted by Crippen LogP contribution is 2.39. The molecule has 1 fully saturated rings. The van der Waals surface area contributed by atoms with E-state index in [0.717, 1.165) is 75.1 Å². The van der Waals surface area contributed by atoms with Gasteiger partial charge < -0.3 is 19.8 Å². The molecular weight excluding hydrogens is 504 g/mol. The molecule has 2 N–H and O–H groups in total. The summed E-state index contributed by atoms with van der Waals surface area (Å²) in [6.45, 7) is 9.69. The van der Waals surface area contributed by atoms with E-state index in [1.165, 1.54) is 11.3 Å². The van der Waals surface area contributed by atoms with Crippen LogP contribution < -0.4 is 4.74 Å². The Morgan fingerprint density at radius 1 is 1.18 bits per heavy atom. The first-order valence-electron chi connectivity index (χ1n) is 14.9. The van der Waals surface area contributed by atoms with Gasteiger partial charge in [-0.2, -0.15) is 0 Å². The van der Waals surface area contributed by atoms with Gasteiger partial charge in [-0.15, -0.1) is 0 Å². The van der Waals surface area contributed by atoms with Gasteiger partial charge in [0.1, 0.15) is 6.61 Å². The normalized spacial score (nSPS) is 20.5. The summed E-state index contributed by atoms with van der Waals surface area (Å²) in [5, 5.41) is 18.9. The van der Waals surface area contributed by atoms with Crippen molar-refractivity contribution in [3.8, 4) is 5.88 Å². The van der Waals surface area contributed by atoms with Gasteiger partial charge in [0.25, 0.3) is 0 Å². The van der Waals surface area contributed by atoms with Crippen molar-refractivity contribution in [2.24, 2.45) is 16.3 Å². The number of aliphatic hydroxyl groups excluding tert-OH is 2. The van der Waals surface area contributed by atoms with Crippen LogP contribution in [0.1, 0.15) is 81.3 Å².